The molecule has 0 saturated carbocycles. The van der Waals surface area contributed by atoms with Gasteiger partial charge in [-0.1, -0.05) is 5.22 Å². The van der Waals surface area contributed by atoms with E-state index in [4.69, 9.17) is 0 Å². The van der Waals surface area contributed by atoms with Crippen molar-refractivity contribution in [1.29, 1.82) is 0 Å². The molecule has 2 rings (SSSR count). The van der Waals surface area contributed by atoms with Gasteiger partial charge in [-0.25, -0.2) is 4.39 Å². The number of nitrogens with zero attached hydrogens (tertiary/aromatic N) is 3. The second-order valence-electron chi connectivity index (χ2n) is 4.19. The molecule has 0 radical (unpaired) electrons. The van der Waals surface area contributed by atoms with Gasteiger partial charge in [-0.05, 0) is 54.5 Å². The van der Waals surface area contributed by atoms with E-state index in [0.29, 0.717) is 3.57 Å². The Morgan fingerprint density at radius 3 is 2.67 bits per heavy atom. The molecule has 1 saturated heterocycles. The molecule has 0 spiro atoms. The largest absolute Gasteiger partial charge is 0.294 e. The van der Waals surface area contributed by atoms with E-state index in [1.807, 2.05) is 22.6 Å². The Morgan fingerprint density at radius 1 is 1.39 bits per heavy atom. The summed E-state index contributed by atoms with van der Waals surface area (Å²) < 4.78 is 14.5. The number of hydrogen-bond donors (Lipinski definition) is 0. The Hall–Kier alpha value is -1.05. The normalized spacial score (nSPS) is 15.6. The van der Waals surface area contributed by atoms with Crippen LogP contribution in [0.15, 0.2) is 22.5 Å². The van der Waals surface area contributed by atoms with Crippen molar-refractivity contribution in [2.75, 3.05) is 13.1 Å². The summed E-state index contributed by atoms with van der Waals surface area (Å²) in [6.45, 7) is 3.08. The van der Waals surface area contributed by atoms with Gasteiger partial charge in [0.05, 0.1) is 0 Å². The highest BCUT2D eigenvalue weighted by molar-refractivity contribution is 14.1. The van der Waals surface area contributed by atoms with Crippen LogP contribution in [0.2, 0.25) is 0 Å². The molecule has 0 amide bonds. The van der Waals surface area contributed by atoms with Crippen molar-refractivity contribution in [2.24, 2.45) is 10.3 Å². The molecular formula is C12H13FIN3O. The van der Waals surface area contributed by atoms with Crippen LogP contribution in [0, 0.1) is 9.39 Å². The van der Waals surface area contributed by atoms with Crippen LogP contribution in [0.1, 0.15) is 30.1 Å². The average molecular weight is 361 g/mol. The summed E-state index contributed by atoms with van der Waals surface area (Å²) in [5.41, 5.74) is 0.317. The second-order valence-corrected chi connectivity index (χ2v) is 5.44. The Balaban J connectivity index is 2.33. The van der Waals surface area contributed by atoms with Crippen LogP contribution in [0.3, 0.4) is 0 Å². The first kappa shape index (κ1) is 13.4. The predicted octanol–water partition coefficient (Wildman–Crippen LogP) is 3.73. The van der Waals surface area contributed by atoms with Crippen LogP contribution in [0.5, 0.6) is 0 Å². The fourth-order valence-electron chi connectivity index (χ4n) is 1.83. The highest BCUT2D eigenvalue weighted by atomic mass is 127. The lowest BCUT2D eigenvalue weighted by Crippen LogP contribution is -2.09. The molecule has 18 heavy (non-hydrogen) atoms. The quantitative estimate of drug-likeness (QED) is 0.468. The Bertz CT molecular complexity index is 498. The molecule has 1 fully saturated rings. The van der Waals surface area contributed by atoms with E-state index in [-0.39, 0.29) is 17.0 Å². The molecule has 1 aromatic rings. The zero-order valence-corrected chi connectivity index (χ0v) is 12.1. The summed E-state index contributed by atoms with van der Waals surface area (Å²) in [5.74, 6) is -0.710. The first-order valence-electron chi connectivity index (χ1n) is 5.74. The SMILES string of the molecule is CC(=O)c1cc(I)cc(F)c1N=NN1CCCC1. The summed E-state index contributed by atoms with van der Waals surface area (Å²) >= 11 is 1.97. The Labute approximate surface area is 118 Å². The highest BCUT2D eigenvalue weighted by Gasteiger charge is 2.15. The van der Waals surface area contributed by atoms with Gasteiger partial charge >= 0.3 is 0 Å². The first-order chi connectivity index (χ1) is 8.58. The number of carbonyl (C=O) groups excluding carboxylic acids is 1. The van der Waals surface area contributed by atoms with Gasteiger partial charge in [-0.15, -0.1) is 5.11 Å². The average Bonchev–Trinajstić information content (AvgIpc) is 2.79. The van der Waals surface area contributed by atoms with Crippen LogP contribution in [-0.4, -0.2) is 23.9 Å². The molecule has 1 aromatic carbocycles. The van der Waals surface area contributed by atoms with Crippen molar-refractivity contribution in [1.82, 2.24) is 5.01 Å². The molecule has 1 aliphatic heterocycles. The van der Waals surface area contributed by atoms with Gasteiger partial charge in [0.1, 0.15) is 5.69 Å². The minimum atomic E-state index is -0.505. The summed E-state index contributed by atoms with van der Waals surface area (Å²) in [6.07, 6.45) is 2.15. The fraction of sp³-hybridized carbons (Fsp3) is 0.417. The third kappa shape index (κ3) is 3.04. The van der Waals surface area contributed by atoms with Gasteiger partial charge < -0.3 is 0 Å². The van der Waals surface area contributed by atoms with E-state index in [9.17, 15) is 9.18 Å². The van der Waals surface area contributed by atoms with Crippen LogP contribution < -0.4 is 0 Å². The van der Waals surface area contributed by atoms with Crippen molar-refractivity contribution in [2.45, 2.75) is 19.8 Å². The van der Waals surface area contributed by atoms with Crippen molar-refractivity contribution in [3.05, 3.63) is 27.1 Å². The number of carbonyl (C=O) groups is 1. The Kier molecular flexibility index (Phi) is 4.26. The standard InChI is InChI=1S/C12H13FIN3O/c1-8(18)10-6-9(14)7-11(13)12(10)15-16-17-4-2-3-5-17/h6-7H,2-5H2,1H3. The predicted molar refractivity (Wildman–Crippen MR) is 74.4 cm³/mol. The van der Waals surface area contributed by atoms with Crippen molar-refractivity contribution in [3.8, 4) is 0 Å². The van der Waals surface area contributed by atoms with Crippen LogP contribution in [-0.2, 0) is 0 Å². The summed E-state index contributed by atoms with van der Waals surface area (Å²) in [4.78, 5) is 11.5. The van der Waals surface area contributed by atoms with Crippen molar-refractivity contribution >= 4 is 34.1 Å². The maximum absolute atomic E-state index is 13.8. The van der Waals surface area contributed by atoms with Gasteiger partial charge in [0.15, 0.2) is 11.6 Å². The van der Waals surface area contributed by atoms with E-state index in [1.54, 1.807) is 11.1 Å². The minimum Gasteiger partial charge on any atom is -0.294 e. The second kappa shape index (κ2) is 5.73. The molecule has 6 heteroatoms. The zero-order valence-electron chi connectivity index (χ0n) is 9.99. The van der Waals surface area contributed by atoms with Crippen molar-refractivity contribution in [3.63, 3.8) is 0 Å². The number of hydrogen-bond acceptors (Lipinski definition) is 3. The number of rotatable bonds is 3. The fourth-order valence-corrected chi connectivity index (χ4v) is 2.42. The molecule has 0 atom stereocenters. The summed E-state index contributed by atoms with van der Waals surface area (Å²) in [6, 6.07) is 2.98. The van der Waals surface area contributed by atoms with Gasteiger partial charge in [0.25, 0.3) is 0 Å². The molecule has 0 N–H and O–H groups in total. The Morgan fingerprint density at radius 2 is 2.06 bits per heavy atom. The summed E-state index contributed by atoms with van der Waals surface area (Å²) in [7, 11) is 0. The van der Waals surface area contributed by atoms with E-state index in [1.165, 1.54) is 13.0 Å². The molecule has 0 aliphatic carbocycles. The smallest absolute Gasteiger partial charge is 0.162 e. The van der Waals surface area contributed by atoms with E-state index in [2.05, 4.69) is 10.3 Å². The topological polar surface area (TPSA) is 45.0 Å². The maximum Gasteiger partial charge on any atom is 0.162 e. The van der Waals surface area contributed by atoms with E-state index < -0.39 is 5.82 Å². The number of ketones is 1. The summed E-state index contributed by atoms with van der Waals surface area (Å²) in [5, 5.41) is 9.69. The lowest BCUT2D eigenvalue weighted by atomic mass is 10.1. The maximum atomic E-state index is 13.8. The lowest BCUT2D eigenvalue weighted by Gasteiger charge is -2.08. The molecule has 0 bridgehead atoms. The molecule has 0 aromatic heterocycles. The van der Waals surface area contributed by atoms with Gasteiger partial charge in [-0.2, -0.15) is 0 Å². The highest BCUT2D eigenvalue weighted by Crippen LogP contribution is 2.27. The third-order valence-electron chi connectivity index (χ3n) is 2.76. The van der Waals surface area contributed by atoms with Crippen LogP contribution >= 0.6 is 22.6 Å². The van der Waals surface area contributed by atoms with Crippen LogP contribution in [0.4, 0.5) is 10.1 Å². The lowest BCUT2D eigenvalue weighted by molar-refractivity contribution is 0.101. The monoisotopic (exact) mass is 361 g/mol. The van der Waals surface area contributed by atoms with E-state index >= 15 is 0 Å². The molecule has 4 nitrogen and oxygen atoms in total. The zero-order chi connectivity index (χ0) is 13.1. The molecule has 0 unspecified atom stereocenters. The molecule has 96 valence electrons. The number of halogens is 2. The molecule has 1 heterocycles. The minimum absolute atomic E-state index is 0.0369. The molecule has 1 aliphatic rings. The number of Topliss-reactive ketones (excluding diaryl/α,β-unsaturated/α-hetero) is 1. The third-order valence-corrected chi connectivity index (χ3v) is 3.38. The first-order valence-corrected chi connectivity index (χ1v) is 6.82. The molecular weight excluding hydrogens is 348 g/mol. The van der Waals surface area contributed by atoms with Crippen molar-refractivity contribution < 1.29 is 9.18 Å². The van der Waals surface area contributed by atoms with E-state index in [0.717, 1.165) is 25.9 Å². The van der Waals surface area contributed by atoms with Gasteiger partial charge in [0.2, 0.25) is 0 Å². The van der Waals surface area contributed by atoms with Gasteiger partial charge in [0, 0.05) is 22.2 Å². The number of benzene rings is 1. The van der Waals surface area contributed by atoms with Gasteiger partial charge in [-0.3, -0.25) is 9.80 Å². The van der Waals surface area contributed by atoms with Crippen LogP contribution in [0.25, 0.3) is 0 Å².